The van der Waals surface area contributed by atoms with Gasteiger partial charge in [-0.1, -0.05) is 15.9 Å². The molecule has 0 aliphatic carbocycles. The van der Waals surface area contributed by atoms with Crippen LogP contribution in [0.25, 0.3) is 6.08 Å². The molecule has 136 valence electrons. The number of fused-ring (bicyclic) bond motifs is 2. The lowest BCUT2D eigenvalue weighted by molar-refractivity contribution is -0.113. The molecule has 3 heterocycles. The molecule has 3 aliphatic heterocycles. The monoisotopic (exact) mass is 446 g/mol. The van der Waals surface area contributed by atoms with Crippen LogP contribution in [-0.4, -0.2) is 24.7 Å². The zero-order chi connectivity index (χ0) is 18.5. The van der Waals surface area contributed by atoms with Crippen LogP contribution in [0.5, 0.6) is 23.0 Å². The number of amides is 1. The van der Waals surface area contributed by atoms with Gasteiger partial charge in [-0.3, -0.25) is 15.1 Å². The van der Waals surface area contributed by atoms with Crippen molar-refractivity contribution in [3.63, 3.8) is 0 Å². The number of carbonyl (C=O) groups excluding carboxylic acids is 1. The van der Waals surface area contributed by atoms with Crippen LogP contribution >= 0.6 is 27.7 Å². The van der Waals surface area contributed by atoms with Crippen LogP contribution in [0.4, 0.5) is 5.69 Å². The smallest absolute Gasteiger partial charge is 0.271 e. The van der Waals surface area contributed by atoms with Crippen molar-refractivity contribution in [2.75, 3.05) is 18.5 Å². The average molecular weight is 447 g/mol. The van der Waals surface area contributed by atoms with Crippen LogP contribution in [0.3, 0.4) is 0 Å². The molecule has 0 saturated carbocycles. The SMILES string of the molecule is N=C1S/C(=C\c2cc3c(cc2Br)OCO3)C(=O)N1c1ccc2c(c1)OCO2. The lowest BCUT2D eigenvalue weighted by Gasteiger charge is -2.14. The number of amidine groups is 1. The third-order valence-electron chi connectivity index (χ3n) is 4.22. The molecule has 0 unspecified atom stereocenters. The van der Waals surface area contributed by atoms with Crippen molar-refractivity contribution < 1.29 is 23.7 Å². The fourth-order valence-electron chi connectivity index (χ4n) is 2.93. The lowest BCUT2D eigenvalue weighted by atomic mass is 10.2. The van der Waals surface area contributed by atoms with Gasteiger partial charge in [-0.05, 0) is 47.7 Å². The summed E-state index contributed by atoms with van der Waals surface area (Å²) >= 11 is 4.59. The molecule has 0 aromatic heterocycles. The predicted octanol–water partition coefficient (Wildman–Crippen LogP) is 3.96. The van der Waals surface area contributed by atoms with Gasteiger partial charge in [-0.2, -0.15) is 0 Å². The highest BCUT2D eigenvalue weighted by atomic mass is 79.9. The minimum Gasteiger partial charge on any atom is -0.454 e. The number of rotatable bonds is 2. The first kappa shape index (κ1) is 16.5. The van der Waals surface area contributed by atoms with Crippen LogP contribution < -0.4 is 23.8 Å². The van der Waals surface area contributed by atoms with Gasteiger partial charge in [0.15, 0.2) is 28.2 Å². The molecule has 2 aromatic rings. The summed E-state index contributed by atoms with van der Waals surface area (Å²) in [4.78, 5) is 14.7. The molecule has 0 atom stereocenters. The highest BCUT2D eigenvalue weighted by Crippen LogP contribution is 2.42. The van der Waals surface area contributed by atoms with E-state index in [0.29, 0.717) is 33.6 Å². The molecule has 1 N–H and O–H groups in total. The molecule has 1 fully saturated rings. The Bertz CT molecular complexity index is 1040. The Kier molecular flexibility index (Phi) is 3.80. The number of benzene rings is 2. The summed E-state index contributed by atoms with van der Waals surface area (Å²) in [6.45, 7) is 0.334. The molecule has 0 spiro atoms. The van der Waals surface area contributed by atoms with Gasteiger partial charge in [0, 0.05) is 10.5 Å². The highest BCUT2D eigenvalue weighted by Gasteiger charge is 2.34. The maximum atomic E-state index is 12.9. The van der Waals surface area contributed by atoms with Gasteiger partial charge in [-0.25, -0.2) is 0 Å². The molecule has 3 aliphatic rings. The van der Waals surface area contributed by atoms with E-state index >= 15 is 0 Å². The summed E-state index contributed by atoms with van der Waals surface area (Å²) < 4.78 is 22.2. The van der Waals surface area contributed by atoms with Crippen LogP contribution in [0.2, 0.25) is 0 Å². The molecule has 27 heavy (non-hydrogen) atoms. The molecule has 1 amide bonds. The lowest BCUT2D eigenvalue weighted by Crippen LogP contribution is -2.28. The first-order chi connectivity index (χ1) is 13.1. The van der Waals surface area contributed by atoms with E-state index in [4.69, 9.17) is 24.4 Å². The molecule has 9 heteroatoms. The van der Waals surface area contributed by atoms with Crippen LogP contribution in [0.1, 0.15) is 5.56 Å². The van der Waals surface area contributed by atoms with Gasteiger partial charge >= 0.3 is 0 Å². The largest absolute Gasteiger partial charge is 0.454 e. The maximum absolute atomic E-state index is 12.9. The zero-order valence-electron chi connectivity index (χ0n) is 13.7. The summed E-state index contributed by atoms with van der Waals surface area (Å²) in [7, 11) is 0. The quantitative estimate of drug-likeness (QED) is 0.703. The van der Waals surface area contributed by atoms with Crippen molar-refractivity contribution in [3.05, 3.63) is 45.3 Å². The molecule has 5 rings (SSSR count). The van der Waals surface area contributed by atoms with E-state index in [9.17, 15) is 4.79 Å². The second kappa shape index (κ2) is 6.21. The van der Waals surface area contributed by atoms with Crippen LogP contribution in [0.15, 0.2) is 39.7 Å². The molecular weight excluding hydrogens is 436 g/mol. The summed E-state index contributed by atoms with van der Waals surface area (Å²) in [5, 5.41) is 8.37. The van der Waals surface area contributed by atoms with Crippen molar-refractivity contribution >= 4 is 50.5 Å². The minimum atomic E-state index is -0.270. The number of nitrogens with one attached hydrogen (secondary N) is 1. The van der Waals surface area contributed by atoms with E-state index in [2.05, 4.69) is 15.9 Å². The van der Waals surface area contributed by atoms with Gasteiger partial charge in [0.1, 0.15) is 0 Å². The first-order valence-corrected chi connectivity index (χ1v) is 9.52. The normalized spacial score (nSPS) is 18.7. The summed E-state index contributed by atoms with van der Waals surface area (Å²) in [5.74, 6) is 2.21. The van der Waals surface area contributed by atoms with Gasteiger partial charge in [0.05, 0.1) is 10.6 Å². The van der Waals surface area contributed by atoms with E-state index < -0.39 is 0 Å². The Morgan fingerprint density at radius 1 is 1.00 bits per heavy atom. The third-order valence-corrected chi connectivity index (χ3v) is 5.79. The van der Waals surface area contributed by atoms with Crippen molar-refractivity contribution in [2.45, 2.75) is 0 Å². The van der Waals surface area contributed by atoms with Gasteiger partial charge < -0.3 is 18.9 Å². The Hall–Kier alpha value is -2.65. The van der Waals surface area contributed by atoms with E-state index in [1.807, 2.05) is 0 Å². The average Bonchev–Trinajstić information content (AvgIpc) is 3.34. The van der Waals surface area contributed by atoms with Crippen molar-refractivity contribution in [1.82, 2.24) is 0 Å². The fourth-order valence-corrected chi connectivity index (χ4v) is 4.22. The van der Waals surface area contributed by atoms with Crippen molar-refractivity contribution in [2.24, 2.45) is 0 Å². The second-order valence-corrected chi connectivity index (χ2v) is 7.71. The number of hydrogen-bond acceptors (Lipinski definition) is 7. The van der Waals surface area contributed by atoms with Gasteiger partial charge in [0.25, 0.3) is 5.91 Å². The molecule has 7 nitrogen and oxygen atoms in total. The van der Waals surface area contributed by atoms with E-state index in [0.717, 1.165) is 21.8 Å². The number of hydrogen-bond donors (Lipinski definition) is 1. The zero-order valence-corrected chi connectivity index (χ0v) is 16.1. The van der Waals surface area contributed by atoms with Crippen molar-refractivity contribution in [3.8, 4) is 23.0 Å². The number of carbonyl (C=O) groups is 1. The van der Waals surface area contributed by atoms with E-state index in [1.165, 1.54) is 4.90 Å². The Labute approximate surface area is 166 Å². The Morgan fingerprint density at radius 2 is 1.67 bits per heavy atom. The fraction of sp³-hybridized carbons (Fsp3) is 0.111. The summed E-state index contributed by atoms with van der Waals surface area (Å²) in [6, 6.07) is 8.79. The highest BCUT2D eigenvalue weighted by molar-refractivity contribution is 9.10. The van der Waals surface area contributed by atoms with Gasteiger partial charge in [-0.15, -0.1) is 0 Å². The van der Waals surface area contributed by atoms with Gasteiger partial charge in [0.2, 0.25) is 13.6 Å². The first-order valence-electron chi connectivity index (χ1n) is 7.91. The number of nitrogens with zero attached hydrogens (tertiary/aromatic N) is 1. The molecule has 2 aromatic carbocycles. The van der Waals surface area contributed by atoms with E-state index in [1.54, 1.807) is 36.4 Å². The third kappa shape index (κ3) is 2.74. The van der Waals surface area contributed by atoms with Crippen LogP contribution in [0, 0.1) is 5.41 Å². The maximum Gasteiger partial charge on any atom is 0.271 e. The predicted molar refractivity (Wildman–Crippen MR) is 104 cm³/mol. The minimum absolute atomic E-state index is 0.127. The molecule has 0 bridgehead atoms. The number of anilines is 1. The summed E-state index contributed by atoms with van der Waals surface area (Å²) in [5.41, 5.74) is 1.34. The summed E-state index contributed by atoms with van der Waals surface area (Å²) in [6.07, 6.45) is 1.74. The number of thioether (sulfide) groups is 1. The topological polar surface area (TPSA) is 81.1 Å². The Balaban J connectivity index is 1.48. The molecule has 1 saturated heterocycles. The van der Waals surface area contributed by atoms with Crippen LogP contribution in [-0.2, 0) is 4.79 Å². The second-order valence-electron chi connectivity index (χ2n) is 5.82. The number of halogens is 1. The van der Waals surface area contributed by atoms with Crippen molar-refractivity contribution in [1.29, 1.82) is 5.41 Å². The molecular formula is C18H11BrN2O5S. The Morgan fingerprint density at radius 3 is 2.44 bits per heavy atom. The number of ether oxygens (including phenoxy) is 4. The van der Waals surface area contributed by atoms with E-state index in [-0.39, 0.29) is 24.7 Å². The standard InChI is InChI=1S/C18H11BrN2O5S/c19-11-6-15-13(24-8-26-15)3-9(11)4-16-17(22)21(18(20)27-16)10-1-2-12-14(5-10)25-7-23-12/h1-6,20H,7-8H2/b16-4-,20-18?. The molecule has 0 radical (unpaired) electrons.